The summed E-state index contributed by atoms with van der Waals surface area (Å²) in [7, 11) is 0. The number of rotatable bonds is 3. The second kappa shape index (κ2) is 6.57. The molecule has 0 unspecified atom stereocenters. The third kappa shape index (κ3) is 3.83. The second-order valence-electron chi connectivity index (χ2n) is 3.48. The molecule has 0 amide bonds. The van der Waals surface area contributed by atoms with E-state index in [0.717, 1.165) is 10.0 Å². The number of halogens is 4. The van der Waals surface area contributed by atoms with Crippen molar-refractivity contribution in [3.05, 3.63) is 55.6 Å². The summed E-state index contributed by atoms with van der Waals surface area (Å²) in [6.07, 6.45) is 1.64. The molecule has 1 heterocycles. The Morgan fingerprint density at radius 2 is 1.89 bits per heavy atom. The molecule has 0 aliphatic carbocycles. The van der Waals surface area contributed by atoms with Crippen molar-refractivity contribution in [3.63, 3.8) is 0 Å². The zero-order chi connectivity index (χ0) is 13.8. The van der Waals surface area contributed by atoms with E-state index in [1.807, 2.05) is 24.3 Å². The summed E-state index contributed by atoms with van der Waals surface area (Å²) in [4.78, 5) is 3.99. The first kappa shape index (κ1) is 14.6. The van der Waals surface area contributed by atoms with E-state index in [4.69, 9.17) is 34.8 Å². The van der Waals surface area contributed by atoms with Crippen molar-refractivity contribution in [2.24, 2.45) is 5.10 Å². The van der Waals surface area contributed by atoms with E-state index in [2.05, 4.69) is 31.4 Å². The average molecular weight is 379 g/mol. The first-order valence-electron chi connectivity index (χ1n) is 5.13. The summed E-state index contributed by atoms with van der Waals surface area (Å²) in [5.74, 6) is 0.347. The Hall–Kier alpha value is -0.810. The van der Waals surface area contributed by atoms with Gasteiger partial charge in [-0.3, -0.25) is 5.43 Å². The average Bonchev–Trinajstić information content (AvgIpc) is 2.38. The third-order valence-electron chi connectivity index (χ3n) is 2.17. The molecule has 3 nitrogen and oxygen atoms in total. The Bertz CT molecular complexity index is 632. The molecule has 2 rings (SSSR count). The number of aromatic nitrogens is 1. The molecule has 0 atom stereocenters. The van der Waals surface area contributed by atoms with Gasteiger partial charge in [0.15, 0.2) is 5.82 Å². The minimum absolute atomic E-state index is 0.171. The van der Waals surface area contributed by atoms with Crippen molar-refractivity contribution in [2.75, 3.05) is 5.43 Å². The summed E-state index contributed by atoms with van der Waals surface area (Å²) in [6, 6.07) is 9.18. The normalized spacial score (nSPS) is 10.9. The maximum atomic E-state index is 5.96. The van der Waals surface area contributed by atoms with E-state index >= 15 is 0 Å². The van der Waals surface area contributed by atoms with E-state index in [1.165, 1.54) is 6.07 Å². The number of hydrogen-bond acceptors (Lipinski definition) is 3. The maximum absolute atomic E-state index is 5.96. The number of hydrazone groups is 1. The van der Waals surface area contributed by atoms with Crippen LogP contribution in [0.5, 0.6) is 0 Å². The van der Waals surface area contributed by atoms with Gasteiger partial charge in [-0.2, -0.15) is 5.10 Å². The fourth-order valence-corrected chi connectivity index (χ4v) is 2.19. The summed E-state index contributed by atoms with van der Waals surface area (Å²) >= 11 is 21.0. The molecule has 1 aromatic heterocycles. The number of nitrogens with one attached hydrogen (secondary N) is 1. The van der Waals surface area contributed by atoms with Crippen LogP contribution in [-0.2, 0) is 0 Å². The van der Waals surface area contributed by atoms with Crippen molar-refractivity contribution < 1.29 is 0 Å². The number of hydrogen-bond donors (Lipinski definition) is 1. The van der Waals surface area contributed by atoms with Gasteiger partial charge in [-0.1, -0.05) is 68.9 Å². The van der Waals surface area contributed by atoms with Crippen LogP contribution in [0.25, 0.3) is 0 Å². The number of anilines is 1. The summed E-state index contributed by atoms with van der Waals surface area (Å²) in [5.41, 5.74) is 3.64. The molecule has 0 radical (unpaired) electrons. The van der Waals surface area contributed by atoms with Crippen molar-refractivity contribution in [2.45, 2.75) is 0 Å². The van der Waals surface area contributed by atoms with Gasteiger partial charge in [0, 0.05) is 10.0 Å². The largest absolute Gasteiger partial charge is 0.260 e. The van der Waals surface area contributed by atoms with Gasteiger partial charge in [0.1, 0.15) is 5.15 Å². The zero-order valence-electron chi connectivity index (χ0n) is 9.37. The van der Waals surface area contributed by atoms with Crippen LogP contribution in [0.4, 0.5) is 5.82 Å². The van der Waals surface area contributed by atoms with Gasteiger partial charge < -0.3 is 0 Å². The first-order valence-corrected chi connectivity index (χ1v) is 7.06. The fourth-order valence-electron chi connectivity index (χ4n) is 1.27. The van der Waals surface area contributed by atoms with Crippen LogP contribution in [0.3, 0.4) is 0 Å². The Kier molecular flexibility index (Phi) is 5.05. The molecular weight excluding hydrogens is 372 g/mol. The van der Waals surface area contributed by atoms with Gasteiger partial charge in [0.25, 0.3) is 0 Å². The molecule has 2 aromatic rings. The molecular formula is C12H7BrCl3N3. The van der Waals surface area contributed by atoms with Gasteiger partial charge in [0.05, 0.1) is 16.3 Å². The standard InChI is InChI=1S/C12H7BrCl3N3/c13-8-4-2-1-3-7(8)6-17-19-12-10(15)5-9(14)11(16)18-12/h1-6H,(H,18,19)/b17-6-. The van der Waals surface area contributed by atoms with E-state index in [-0.39, 0.29) is 5.15 Å². The molecule has 0 bridgehead atoms. The van der Waals surface area contributed by atoms with Crippen molar-refractivity contribution in [1.29, 1.82) is 0 Å². The van der Waals surface area contributed by atoms with Gasteiger partial charge in [-0.05, 0) is 12.1 Å². The Labute approximate surface area is 133 Å². The topological polar surface area (TPSA) is 37.3 Å². The van der Waals surface area contributed by atoms with E-state index in [0.29, 0.717) is 15.9 Å². The summed E-state index contributed by atoms with van der Waals surface area (Å²) < 4.78 is 0.939. The highest BCUT2D eigenvalue weighted by Crippen LogP contribution is 2.28. The minimum Gasteiger partial charge on any atom is -0.260 e. The van der Waals surface area contributed by atoms with E-state index < -0.39 is 0 Å². The van der Waals surface area contributed by atoms with Crippen LogP contribution in [-0.4, -0.2) is 11.2 Å². The molecule has 0 spiro atoms. The molecule has 0 aliphatic heterocycles. The van der Waals surface area contributed by atoms with E-state index in [1.54, 1.807) is 6.21 Å². The predicted octanol–water partition coefficient (Wildman–Crippen LogP) is 5.25. The minimum atomic E-state index is 0.171. The molecule has 7 heteroatoms. The smallest absolute Gasteiger partial charge is 0.166 e. The Morgan fingerprint density at radius 1 is 1.16 bits per heavy atom. The predicted molar refractivity (Wildman–Crippen MR) is 84.6 cm³/mol. The van der Waals surface area contributed by atoms with Crippen LogP contribution in [0.1, 0.15) is 5.56 Å². The van der Waals surface area contributed by atoms with Gasteiger partial charge >= 0.3 is 0 Å². The number of pyridine rings is 1. The second-order valence-corrected chi connectivity index (χ2v) is 5.51. The highest BCUT2D eigenvalue weighted by atomic mass is 79.9. The highest BCUT2D eigenvalue weighted by molar-refractivity contribution is 9.10. The molecule has 1 N–H and O–H groups in total. The van der Waals surface area contributed by atoms with Crippen molar-refractivity contribution in [3.8, 4) is 0 Å². The highest BCUT2D eigenvalue weighted by Gasteiger charge is 2.06. The molecule has 1 aromatic carbocycles. The SMILES string of the molecule is Clc1cc(Cl)c(N/N=C\c2ccccc2Br)nc1Cl. The monoisotopic (exact) mass is 377 g/mol. The lowest BCUT2D eigenvalue weighted by Gasteiger charge is -2.04. The van der Waals surface area contributed by atoms with Crippen molar-refractivity contribution >= 4 is 62.8 Å². The molecule has 0 saturated carbocycles. The zero-order valence-corrected chi connectivity index (χ0v) is 13.2. The lowest BCUT2D eigenvalue weighted by atomic mass is 10.2. The summed E-state index contributed by atoms with van der Waals surface area (Å²) in [5, 5.41) is 4.87. The Morgan fingerprint density at radius 3 is 2.63 bits per heavy atom. The molecule has 98 valence electrons. The number of benzene rings is 1. The van der Waals surface area contributed by atoms with E-state index in [9.17, 15) is 0 Å². The Balaban J connectivity index is 2.15. The van der Waals surface area contributed by atoms with Gasteiger partial charge in [0.2, 0.25) is 0 Å². The molecule has 0 fully saturated rings. The lowest BCUT2D eigenvalue weighted by molar-refractivity contribution is 1.23. The lowest BCUT2D eigenvalue weighted by Crippen LogP contribution is -1.95. The van der Waals surface area contributed by atoms with Crippen LogP contribution >= 0.6 is 50.7 Å². The molecule has 0 saturated heterocycles. The number of nitrogens with zero attached hydrogens (tertiary/aromatic N) is 2. The first-order chi connectivity index (χ1) is 9.08. The molecule has 19 heavy (non-hydrogen) atoms. The maximum Gasteiger partial charge on any atom is 0.166 e. The van der Waals surface area contributed by atoms with Crippen LogP contribution in [0.15, 0.2) is 39.9 Å². The fraction of sp³-hybridized carbons (Fsp3) is 0. The van der Waals surface area contributed by atoms with Crippen LogP contribution in [0, 0.1) is 0 Å². The molecule has 0 aliphatic rings. The summed E-state index contributed by atoms with van der Waals surface area (Å²) in [6.45, 7) is 0. The van der Waals surface area contributed by atoms with Crippen molar-refractivity contribution in [1.82, 2.24) is 4.98 Å². The third-order valence-corrected chi connectivity index (χ3v) is 3.85. The van der Waals surface area contributed by atoms with Gasteiger partial charge in [-0.25, -0.2) is 4.98 Å². The van der Waals surface area contributed by atoms with Gasteiger partial charge in [-0.15, -0.1) is 0 Å². The van der Waals surface area contributed by atoms with Crippen LogP contribution < -0.4 is 5.43 Å². The quantitative estimate of drug-likeness (QED) is 0.449. The van der Waals surface area contributed by atoms with Crippen LogP contribution in [0.2, 0.25) is 15.2 Å².